The second-order valence-corrected chi connectivity index (χ2v) is 6.53. The van der Waals surface area contributed by atoms with Crippen LogP contribution >= 0.6 is 0 Å². The van der Waals surface area contributed by atoms with E-state index in [0.29, 0.717) is 38.3 Å². The molecule has 27 heavy (non-hydrogen) atoms. The van der Waals surface area contributed by atoms with Crippen molar-refractivity contribution in [3.05, 3.63) is 57.5 Å². The molecule has 1 aliphatic heterocycles. The zero-order valence-electron chi connectivity index (χ0n) is 14.7. The van der Waals surface area contributed by atoms with Crippen LogP contribution in [-0.2, 0) is 6.54 Å². The lowest BCUT2D eigenvalue weighted by Gasteiger charge is -2.45. The van der Waals surface area contributed by atoms with Crippen molar-refractivity contribution in [1.82, 2.24) is 9.55 Å². The fraction of sp³-hybridized carbons (Fsp3) is 0.412. The Morgan fingerprint density at radius 1 is 1.19 bits per heavy atom. The maximum Gasteiger partial charge on any atom is 0.293 e. The van der Waals surface area contributed by atoms with E-state index in [1.54, 1.807) is 11.9 Å². The first-order chi connectivity index (χ1) is 12.8. The molecule has 3 rings (SSSR count). The van der Waals surface area contributed by atoms with Crippen LogP contribution in [0.4, 0.5) is 19.0 Å². The molecule has 7 nitrogen and oxygen atoms in total. The summed E-state index contributed by atoms with van der Waals surface area (Å²) in [7, 11) is 1.59. The molecule has 1 aromatic heterocycles. The molecule has 0 spiro atoms. The van der Waals surface area contributed by atoms with Gasteiger partial charge >= 0.3 is 0 Å². The Kier molecular flexibility index (Phi) is 5.38. The summed E-state index contributed by atoms with van der Waals surface area (Å²) in [6.07, 6.45) is 2.91. The van der Waals surface area contributed by atoms with Gasteiger partial charge < -0.3 is 24.1 Å². The number of likely N-dealkylation sites (N-methyl/N-ethyl adjacent to an activating group) is 1. The van der Waals surface area contributed by atoms with Gasteiger partial charge in [0.05, 0.1) is 39.8 Å². The number of hydrogen-bond acceptors (Lipinski definition) is 5. The van der Waals surface area contributed by atoms with Crippen molar-refractivity contribution >= 4 is 5.82 Å². The number of nitrogens with zero attached hydrogens (tertiary/aromatic N) is 4. The molecule has 0 bridgehead atoms. The monoisotopic (exact) mass is 384 g/mol. The Morgan fingerprint density at radius 3 is 2.56 bits per heavy atom. The number of halogens is 3. The first kappa shape index (κ1) is 19.2. The maximum absolute atomic E-state index is 13.6. The topological polar surface area (TPSA) is 70.4 Å². The van der Waals surface area contributed by atoms with Crippen molar-refractivity contribution in [3.8, 4) is 5.75 Å². The largest absolute Gasteiger partial charge is 0.633 e. The van der Waals surface area contributed by atoms with Gasteiger partial charge in [-0.3, -0.25) is 4.79 Å². The average Bonchev–Trinajstić information content (AvgIpc) is 2.61. The molecule has 2 heterocycles. The maximum atomic E-state index is 13.6. The molecule has 0 atom stereocenters. The molecular formula is C17H19F3N4O3. The Hall–Kier alpha value is -2.59. The highest BCUT2D eigenvalue weighted by molar-refractivity contribution is 5.36. The van der Waals surface area contributed by atoms with Crippen LogP contribution in [0.1, 0.15) is 0 Å². The van der Waals surface area contributed by atoms with Crippen molar-refractivity contribution in [2.75, 3.05) is 44.7 Å². The second-order valence-electron chi connectivity index (χ2n) is 6.53. The average molecular weight is 384 g/mol. The lowest BCUT2D eigenvalue weighted by atomic mass is 10.3. The summed E-state index contributed by atoms with van der Waals surface area (Å²) in [5.41, 5.74) is -0.367. The number of aromatic nitrogens is 2. The first-order valence-corrected chi connectivity index (χ1v) is 8.40. The van der Waals surface area contributed by atoms with Gasteiger partial charge in [0.2, 0.25) is 0 Å². The van der Waals surface area contributed by atoms with Crippen molar-refractivity contribution in [1.29, 1.82) is 0 Å². The number of rotatable bonds is 5. The summed E-state index contributed by atoms with van der Waals surface area (Å²) < 4.78 is 45.8. The van der Waals surface area contributed by atoms with E-state index in [0.717, 1.165) is 0 Å². The number of anilines is 1. The first-order valence-electron chi connectivity index (χ1n) is 8.40. The molecule has 0 radical (unpaired) electrons. The predicted molar refractivity (Wildman–Crippen MR) is 91.8 cm³/mol. The molecule has 0 N–H and O–H groups in total. The molecule has 0 aliphatic carbocycles. The Balaban J connectivity index is 1.66. The van der Waals surface area contributed by atoms with Gasteiger partial charge in [0.25, 0.3) is 5.56 Å². The Bertz CT molecular complexity index is 878. The summed E-state index contributed by atoms with van der Waals surface area (Å²) >= 11 is 0. The Morgan fingerprint density at radius 2 is 1.85 bits per heavy atom. The van der Waals surface area contributed by atoms with Crippen LogP contribution in [0.25, 0.3) is 0 Å². The van der Waals surface area contributed by atoms with E-state index in [1.807, 2.05) is 0 Å². The van der Waals surface area contributed by atoms with E-state index in [1.165, 1.54) is 17.0 Å². The van der Waals surface area contributed by atoms with Gasteiger partial charge in [-0.2, -0.15) is 0 Å². The van der Waals surface area contributed by atoms with E-state index in [9.17, 15) is 23.2 Å². The van der Waals surface area contributed by atoms with Crippen LogP contribution in [0.15, 0.2) is 29.3 Å². The van der Waals surface area contributed by atoms with Crippen LogP contribution in [0.3, 0.4) is 0 Å². The van der Waals surface area contributed by atoms with Crippen LogP contribution in [0, 0.1) is 22.7 Å². The molecular weight excluding hydrogens is 365 g/mol. The number of benzene rings is 1. The van der Waals surface area contributed by atoms with E-state index in [2.05, 4.69) is 4.98 Å². The van der Waals surface area contributed by atoms with E-state index < -0.39 is 23.2 Å². The number of quaternary nitrogens is 1. The lowest BCUT2D eigenvalue weighted by Crippen LogP contribution is -2.55. The van der Waals surface area contributed by atoms with Gasteiger partial charge in [-0.15, -0.1) is 0 Å². The van der Waals surface area contributed by atoms with E-state index >= 15 is 0 Å². The highest BCUT2D eigenvalue weighted by Crippen LogP contribution is 2.20. The third-order valence-electron chi connectivity index (χ3n) is 4.45. The fourth-order valence-corrected chi connectivity index (χ4v) is 2.80. The van der Waals surface area contributed by atoms with Gasteiger partial charge in [-0.1, -0.05) is 0 Å². The summed E-state index contributed by atoms with van der Waals surface area (Å²) in [5.74, 6) is -3.74. The lowest BCUT2D eigenvalue weighted by molar-refractivity contribution is -0.861. The standard InChI is InChI=1S/C17H19F3N4O3/c1-24(26)7-4-22(5-8-24)16-17(25)23(3-2-21-16)6-9-27-15-11-13(19)12(18)10-14(15)20/h2-3,10-11H,4-9H2,1H3. The zero-order valence-corrected chi connectivity index (χ0v) is 14.7. The van der Waals surface area contributed by atoms with Crippen molar-refractivity contribution in [2.24, 2.45) is 0 Å². The van der Waals surface area contributed by atoms with Crippen LogP contribution < -0.4 is 15.2 Å². The van der Waals surface area contributed by atoms with Gasteiger partial charge in [0, 0.05) is 24.5 Å². The van der Waals surface area contributed by atoms with Crippen LogP contribution in [0.5, 0.6) is 5.75 Å². The van der Waals surface area contributed by atoms with Crippen molar-refractivity contribution in [2.45, 2.75) is 6.54 Å². The molecule has 10 heteroatoms. The summed E-state index contributed by atoms with van der Waals surface area (Å²) in [4.78, 5) is 18.4. The SMILES string of the molecule is C[N+]1([O-])CCN(c2nccn(CCOc3cc(F)c(F)cc3F)c2=O)CC1. The molecule has 2 aromatic rings. The highest BCUT2D eigenvalue weighted by Gasteiger charge is 2.24. The number of hydrogen-bond donors (Lipinski definition) is 0. The molecule has 0 amide bonds. The molecule has 0 unspecified atom stereocenters. The molecule has 1 aromatic carbocycles. The van der Waals surface area contributed by atoms with Crippen molar-refractivity contribution < 1.29 is 22.6 Å². The minimum Gasteiger partial charge on any atom is -0.633 e. The van der Waals surface area contributed by atoms with Crippen molar-refractivity contribution in [3.63, 3.8) is 0 Å². The van der Waals surface area contributed by atoms with Gasteiger partial charge in [-0.25, -0.2) is 18.2 Å². The molecule has 1 aliphatic rings. The summed E-state index contributed by atoms with van der Waals surface area (Å²) in [6.45, 7) is 1.49. The quantitative estimate of drug-likeness (QED) is 0.444. The normalized spacial score (nSPS) is 16.4. The fourth-order valence-electron chi connectivity index (χ4n) is 2.80. The van der Waals surface area contributed by atoms with Gasteiger partial charge in [-0.05, 0) is 0 Å². The van der Waals surface area contributed by atoms with Gasteiger partial charge in [0.15, 0.2) is 29.0 Å². The number of ether oxygens (including phenoxy) is 1. The van der Waals surface area contributed by atoms with E-state index in [4.69, 9.17) is 4.74 Å². The molecule has 0 saturated carbocycles. The smallest absolute Gasteiger partial charge is 0.293 e. The highest BCUT2D eigenvalue weighted by atomic mass is 19.2. The summed E-state index contributed by atoms with van der Waals surface area (Å²) in [6, 6.07) is 1.03. The second kappa shape index (κ2) is 7.57. The Labute approximate surface area is 153 Å². The summed E-state index contributed by atoms with van der Waals surface area (Å²) in [5, 5.41) is 11.9. The molecule has 1 saturated heterocycles. The van der Waals surface area contributed by atoms with Crippen LogP contribution in [0.2, 0.25) is 0 Å². The van der Waals surface area contributed by atoms with E-state index in [-0.39, 0.29) is 29.2 Å². The molecule has 146 valence electrons. The third kappa shape index (κ3) is 4.40. The predicted octanol–water partition coefficient (Wildman–Crippen LogP) is 1.50. The zero-order chi connectivity index (χ0) is 19.6. The third-order valence-corrected chi connectivity index (χ3v) is 4.45. The van der Waals surface area contributed by atoms with Gasteiger partial charge in [0.1, 0.15) is 6.61 Å². The molecule has 1 fully saturated rings. The minimum absolute atomic E-state index is 0.0654. The van der Waals surface area contributed by atoms with Crippen LogP contribution in [-0.4, -0.2) is 54.0 Å². The number of hydroxylamine groups is 3. The number of piperazine rings is 1. The minimum atomic E-state index is -1.30.